The molecular weight excluding hydrogens is 222 g/mol. The molecule has 1 amide bonds. The fraction of sp³-hybridized carbons (Fsp3) is 0.500. The lowest BCUT2D eigenvalue weighted by Crippen LogP contribution is -2.26. The van der Waals surface area contributed by atoms with E-state index in [9.17, 15) is 4.79 Å². The highest BCUT2D eigenvalue weighted by molar-refractivity contribution is 5.92. The van der Waals surface area contributed by atoms with Gasteiger partial charge < -0.3 is 15.5 Å². The first-order valence-electron chi connectivity index (χ1n) is 5.42. The van der Waals surface area contributed by atoms with Crippen molar-refractivity contribution in [2.75, 3.05) is 25.2 Å². The van der Waals surface area contributed by atoms with Gasteiger partial charge >= 0.3 is 0 Å². The van der Waals surface area contributed by atoms with Crippen LogP contribution in [0.15, 0.2) is 12.4 Å². The molecule has 7 nitrogen and oxygen atoms in total. The molecule has 1 aromatic heterocycles. The first-order valence-corrected chi connectivity index (χ1v) is 5.42. The summed E-state index contributed by atoms with van der Waals surface area (Å²) in [6, 6.07) is 0. The zero-order chi connectivity index (χ0) is 12.5. The highest BCUT2D eigenvalue weighted by Crippen LogP contribution is 1.99. The third-order valence-electron chi connectivity index (χ3n) is 1.97. The Morgan fingerprint density at radius 2 is 2.35 bits per heavy atom. The second kappa shape index (κ2) is 7.53. The average molecular weight is 239 g/mol. The molecule has 0 bridgehead atoms. The van der Waals surface area contributed by atoms with Crippen molar-refractivity contribution < 1.29 is 9.53 Å². The first-order chi connectivity index (χ1) is 8.27. The van der Waals surface area contributed by atoms with E-state index in [2.05, 4.69) is 20.7 Å². The maximum Gasteiger partial charge on any atom is 0.271 e. The van der Waals surface area contributed by atoms with E-state index in [0.29, 0.717) is 25.6 Å². The molecule has 0 saturated heterocycles. The molecular formula is C10H17N5O2. The van der Waals surface area contributed by atoms with Gasteiger partial charge in [-0.25, -0.2) is 10.8 Å². The molecule has 4 N–H and O–H groups in total. The summed E-state index contributed by atoms with van der Waals surface area (Å²) in [7, 11) is 0. The van der Waals surface area contributed by atoms with E-state index in [0.717, 1.165) is 6.42 Å². The Balaban J connectivity index is 2.36. The summed E-state index contributed by atoms with van der Waals surface area (Å²) in [5, 5.41) is 2.72. The average Bonchev–Trinajstić information content (AvgIpc) is 2.38. The third kappa shape index (κ3) is 4.75. The fourth-order valence-corrected chi connectivity index (χ4v) is 1.16. The number of hydrazine groups is 1. The zero-order valence-corrected chi connectivity index (χ0v) is 9.77. The molecule has 0 aromatic carbocycles. The van der Waals surface area contributed by atoms with Crippen molar-refractivity contribution in [1.82, 2.24) is 15.3 Å². The predicted octanol–water partition coefficient (Wildman–Crippen LogP) is -0.0814. The smallest absolute Gasteiger partial charge is 0.271 e. The standard InChI is InChI=1S/C10H17N5O2/c1-2-17-5-3-4-13-10(16)8-6-12-7-9(14-8)15-11/h6-7H,2-5,11H2,1H3,(H,13,16)(H,14,15). The van der Waals surface area contributed by atoms with Crippen LogP contribution < -0.4 is 16.6 Å². The Hall–Kier alpha value is -1.73. The monoisotopic (exact) mass is 239 g/mol. The highest BCUT2D eigenvalue weighted by atomic mass is 16.5. The molecule has 0 aliphatic carbocycles. The maximum atomic E-state index is 11.6. The van der Waals surface area contributed by atoms with Crippen LogP contribution >= 0.6 is 0 Å². The second-order valence-electron chi connectivity index (χ2n) is 3.24. The number of nitrogens with one attached hydrogen (secondary N) is 2. The van der Waals surface area contributed by atoms with E-state index in [-0.39, 0.29) is 11.6 Å². The summed E-state index contributed by atoms with van der Waals surface area (Å²) in [6.45, 7) is 3.79. The quantitative estimate of drug-likeness (QED) is 0.349. The second-order valence-corrected chi connectivity index (χ2v) is 3.24. The molecule has 7 heteroatoms. The van der Waals surface area contributed by atoms with Gasteiger partial charge in [0, 0.05) is 19.8 Å². The van der Waals surface area contributed by atoms with Gasteiger partial charge in [0.2, 0.25) is 0 Å². The van der Waals surface area contributed by atoms with Gasteiger partial charge in [0.1, 0.15) is 5.69 Å². The number of amides is 1. The predicted molar refractivity (Wildman–Crippen MR) is 63.3 cm³/mol. The summed E-state index contributed by atoms with van der Waals surface area (Å²) in [5.74, 6) is 5.25. The molecule has 17 heavy (non-hydrogen) atoms. The summed E-state index contributed by atoms with van der Waals surface area (Å²) in [5.41, 5.74) is 2.57. The largest absolute Gasteiger partial charge is 0.382 e. The number of aromatic nitrogens is 2. The maximum absolute atomic E-state index is 11.6. The van der Waals surface area contributed by atoms with Gasteiger partial charge in [0.05, 0.1) is 12.4 Å². The van der Waals surface area contributed by atoms with Crippen LogP contribution in [0.3, 0.4) is 0 Å². The van der Waals surface area contributed by atoms with Crippen molar-refractivity contribution in [3.05, 3.63) is 18.1 Å². The summed E-state index contributed by atoms with van der Waals surface area (Å²) >= 11 is 0. The van der Waals surface area contributed by atoms with Crippen LogP contribution in [0, 0.1) is 0 Å². The summed E-state index contributed by atoms with van der Waals surface area (Å²) in [6.07, 6.45) is 3.59. The van der Waals surface area contributed by atoms with Gasteiger partial charge in [-0.1, -0.05) is 0 Å². The number of nitrogens with two attached hydrogens (primary N) is 1. The molecule has 0 aliphatic heterocycles. The van der Waals surface area contributed by atoms with E-state index >= 15 is 0 Å². The van der Waals surface area contributed by atoms with Crippen LogP contribution in [0.1, 0.15) is 23.8 Å². The van der Waals surface area contributed by atoms with Crippen molar-refractivity contribution in [2.45, 2.75) is 13.3 Å². The number of nitrogen functional groups attached to an aromatic ring is 1. The van der Waals surface area contributed by atoms with E-state index < -0.39 is 0 Å². The summed E-state index contributed by atoms with van der Waals surface area (Å²) in [4.78, 5) is 19.4. The minimum Gasteiger partial charge on any atom is -0.382 e. The van der Waals surface area contributed by atoms with Crippen molar-refractivity contribution in [2.24, 2.45) is 5.84 Å². The fourth-order valence-electron chi connectivity index (χ4n) is 1.16. The SMILES string of the molecule is CCOCCCNC(=O)c1cncc(NN)n1. The minimum atomic E-state index is -0.272. The van der Waals surface area contributed by atoms with Crippen LogP contribution in [-0.2, 0) is 4.74 Å². The molecule has 0 spiro atoms. The molecule has 1 aromatic rings. The molecule has 94 valence electrons. The molecule has 0 radical (unpaired) electrons. The van der Waals surface area contributed by atoms with Crippen molar-refractivity contribution in [3.8, 4) is 0 Å². The molecule has 0 unspecified atom stereocenters. The Kier molecular flexibility index (Phi) is 5.91. The van der Waals surface area contributed by atoms with E-state index in [1.807, 2.05) is 6.92 Å². The lowest BCUT2D eigenvalue weighted by Gasteiger charge is -2.05. The molecule has 0 saturated carbocycles. The molecule has 1 rings (SSSR count). The van der Waals surface area contributed by atoms with Crippen LogP contribution in [0.4, 0.5) is 5.82 Å². The number of anilines is 1. The number of ether oxygens (including phenoxy) is 1. The molecule has 0 fully saturated rings. The van der Waals surface area contributed by atoms with Gasteiger partial charge in [-0.05, 0) is 13.3 Å². The zero-order valence-electron chi connectivity index (χ0n) is 9.77. The Morgan fingerprint density at radius 3 is 3.06 bits per heavy atom. The Morgan fingerprint density at radius 1 is 1.53 bits per heavy atom. The van der Waals surface area contributed by atoms with E-state index in [4.69, 9.17) is 10.6 Å². The number of hydrogen-bond donors (Lipinski definition) is 3. The Labute approximate surface area is 99.7 Å². The van der Waals surface area contributed by atoms with E-state index in [1.165, 1.54) is 12.4 Å². The van der Waals surface area contributed by atoms with Crippen molar-refractivity contribution >= 4 is 11.7 Å². The minimum absolute atomic E-state index is 0.233. The number of carbonyl (C=O) groups is 1. The molecule has 0 atom stereocenters. The number of rotatable bonds is 7. The van der Waals surface area contributed by atoms with Crippen LogP contribution in [-0.4, -0.2) is 35.6 Å². The van der Waals surface area contributed by atoms with Crippen molar-refractivity contribution in [1.29, 1.82) is 0 Å². The van der Waals surface area contributed by atoms with Gasteiger partial charge in [-0.2, -0.15) is 0 Å². The van der Waals surface area contributed by atoms with E-state index in [1.54, 1.807) is 0 Å². The van der Waals surface area contributed by atoms with Gasteiger partial charge in [-0.3, -0.25) is 9.78 Å². The summed E-state index contributed by atoms with van der Waals surface area (Å²) < 4.78 is 5.15. The van der Waals surface area contributed by atoms with Gasteiger partial charge in [0.15, 0.2) is 5.82 Å². The number of hydrogen-bond acceptors (Lipinski definition) is 6. The highest BCUT2D eigenvalue weighted by Gasteiger charge is 2.07. The Bertz CT molecular complexity index is 358. The topological polar surface area (TPSA) is 102 Å². The molecule has 0 aliphatic rings. The van der Waals surface area contributed by atoms with Gasteiger partial charge in [-0.15, -0.1) is 0 Å². The van der Waals surface area contributed by atoms with Crippen LogP contribution in [0.25, 0.3) is 0 Å². The first kappa shape index (κ1) is 13.3. The van der Waals surface area contributed by atoms with Crippen molar-refractivity contribution in [3.63, 3.8) is 0 Å². The lowest BCUT2D eigenvalue weighted by atomic mass is 10.4. The normalized spacial score (nSPS) is 10.0. The van der Waals surface area contributed by atoms with Crippen LogP contribution in [0.5, 0.6) is 0 Å². The van der Waals surface area contributed by atoms with Crippen LogP contribution in [0.2, 0.25) is 0 Å². The number of nitrogens with zero attached hydrogens (tertiary/aromatic N) is 2. The third-order valence-corrected chi connectivity index (χ3v) is 1.97. The lowest BCUT2D eigenvalue weighted by molar-refractivity contribution is 0.0939. The number of carbonyl (C=O) groups excluding carboxylic acids is 1. The van der Waals surface area contributed by atoms with Gasteiger partial charge in [0.25, 0.3) is 5.91 Å². The molecule has 1 heterocycles.